The normalized spacial score (nSPS) is 15.1. The first-order valence-electron chi connectivity index (χ1n) is 10.7. The zero-order valence-electron chi connectivity index (χ0n) is 18.2. The number of amides is 2. The van der Waals surface area contributed by atoms with E-state index in [0.29, 0.717) is 27.7 Å². The molecule has 1 aliphatic heterocycles. The highest BCUT2D eigenvalue weighted by Crippen LogP contribution is 2.32. The zero-order chi connectivity index (χ0) is 23.7. The van der Waals surface area contributed by atoms with Crippen LogP contribution in [0.1, 0.15) is 34.6 Å². The topological polar surface area (TPSA) is 71.0 Å². The van der Waals surface area contributed by atoms with E-state index in [1.54, 1.807) is 42.5 Å². The van der Waals surface area contributed by atoms with Gasteiger partial charge in [-0.25, -0.2) is 0 Å². The fourth-order valence-corrected chi connectivity index (χ4v) is 4.06. The van der Waals surface area contributed by atoms with E-state index in [9.17, 15) is 9.59 Å². The molecule has 1 atom stereocenters. The van der Waals surface area contributed by atoms with Crippen LogP contribution in [0, 0.1) is 0 Å². The van der Waals surface area contributed by atoms with E-state index < -0.39 is 6.23 Å². The Morgan fingerprint density at radius 2 is 1.68 bits per heavy atom. The minimum atomic E-state index is -0.682. The maximum absolute atomic E-state index is 12.6. The van der Waals surface area contributed by atoms with Crippen molar-refractivity contribution < 1.29 is 14.3 Å². The standard InChI is InChI=1S/C27H20ClN3O3/c1-17(32)31-27(21-14-13-18-7-2-3-8-19(18)15-21)34-26(30-31)20-9-6-10-22(16-20)29-25(33)23-11-4-5-12-24(23)28/h2-16,27H,1H3,(H,29,33)/t27-/m1/s1. The summed E-state index contributed by atoms with van der Waals surface area (Å²) in [4.78, 5) is 25.0. The Kier molecular flexibility index (Phi) is 5.74. The summed E-state index contributed by atoms with van der Waals surface area (Å²) >= 11 is 6.14. The first kappa shape index (κ1) is 21.7. The highest BCUT2D eigenvalue weighted by molar-refractivity contribution is 6.34. The number of rotatable bonds is 4. The quantitative estimate of drug-likeness (QED) is 0.399. The Morgan fingerprint density at radius 3 is 2.47 bits per heavy atom. The fraction of sp³-hybridized carbons (Fsp3) is 0.0741. The fourth-order valence-electron chi connectivity index (χ4n) is 3.84. The lowest BCUT2D eigenvalue weighted by atomic mass is 10.1. The van der Waals surface area contributed by atoms with Gasteiger partial charge < -0.3 is 10.1 Å². The lowest BCUT2D eigenvalue weighted by Gasteiger charge is -2.19. The van der Waals surface area contributed by atoms with Crippen LogP contribution in [0.5, 0.6) is 0 Å². The van der Waals surface area contributed by atoms with Crippen LogP contribution < -0.4 is 5.32 Å². The van der Waals surface area contributed by atoms with Gasteiger partial charge in [0.25, 0.3) is 5.91 Å². The average molecular weight is 470 g/mol. The number of hydrogen-bond acceptors (Lipinski definition) is 4. The second-order valence-electron chi connectivity index (χ2n) is 7.86. The Morgan fingerprint density at radius 1 is 0.912 bits per heavy atom. The van der Waals surface area contributed by atoms with E-state index in [1.807, 2.05) is 48.5 Å². The molecule has 4 aromatic rings. The number of benzene rings is 4. The Labute approximate surface area is 201 Å². The van der Waals surface area contributed by atoms with Crippen molar-refractivity contribution in [1.29, 1.82) is 0 Å². The number of nitrogens with zero attached hydrogens (tertiary/aromatic N) is 2. The van der Waals surface area contributed by atoms with Gasteiger partial charge in [0.15, 0.2) is 0 Å². The third kappa shape index (κ3) is 4.23. The number of anilines is 1. The molecule has 1 aliphatic rings. The smallest absolute Gasteiger partial charge is 0.257 e. The van der Waals surface area contributed by atoms with E-state index in [1.165, 1.54) is 11.9 Å². The van der Waals surface area contributed by atoms with Crippen LogP contribution in [0.2, 0.25) is 5.02 Å². The van der Waals surface area contributed by atoms with Crippen LogP contribution in [-0.2, 0) is 9.53 Å². The predicted octanol–water partition coefficient (Wildman–Crippen LogP) is 5.98. The maximum Gasteiger partial charge on any atom is 0.257 e. The molecule has 0 saturated carbocycles. The van der Waals surface area contributed by atoms with Gasteiger partial charge in [-0.1, -0.05) is 66.2 Å². The minimum absolute atomic E-state index is 0.240. The molecule has 0 saturated heterocycles. The summed E-state index contributed by atoms with van der Waals surface area (Å²) in [5.74, 6) is -0.269. The number of nitrogens with one attached hydrogen (secondary N) is 1. The summed E-state index contributed by atoms with van der Waals surface area (Å²) < 4.78 is 6.14. The van der Waals surface area contributed by atoms with Gasteiger partial charge in [0, 0.05) is 23.7 Å². The molecule has 0 bridgehead atoms. The Hall–Kier alpha value is -4.16. The van der Waals surface area contributed by atoms with Gasteiger partial charge in [-0.2, -0.15) is 5.01 Å². The van der Waals surface area contributed by atoms with Gasteiger partial charge in [-0.05, 0) is 47.2 Å². The van der Waals surface area contributed by atoms with Gasteiger partial charge in [0.05, 0.1) is 10.6 Å². The summed E-state index contributed by atoms with van der Waals surface area (Å²) in [5, 5.41) is 11.1. The number of carbonyl (C=O) groups is 2. The SMILES string of the molecule is CC(=O)N1N=C(c2cccc(NC(=O)c3ccccc3Cl)c2)O[C@@H]1c1ccc2ccccc2c1. The number of halogens is 1. The monoisotopic (exact) mass is 469 g/mol. The van der Waals surface area contributed by atoms with Crippen molar-refractivity contribution in [3.8, 4) is 0 Å². The second kappa shape index (κ2) is 9.00. The van der Waals surface area contributed by atoms with E-state index in [-0.39, 0.29) is 11.8 Å². The van der Waals surface area contributed by atoms with Crippen molar-refractivity contribution in [3.05, 3.63) is 113 Å². The van der Waals surface area contributed by atoms with Crippen LogP contribution in [0.25, 0.3) is 10.8 Å². The van der Waals surface area contributed by atoms with Crippen molar-refractivity contribution in [1.82, 2.24) is 5.01 Å². The van der Waals surface area contributed by atoms with Crippen molar-refractivity contribution >= 4 is 45.8 Å². The number of fused-ring (bicyclic) bond motifs is 1. The highest BCUT2D eigenvalue weighted by atomic mass is 35.5. The van der Waals surface area contributed by atoms with Crippen LogP contribution in [-0.4, -0.2) is 22.7 Å². The summed E-state index contributed by atoms with van der Waals surface area (Å²) in [7, 11) is 0. The predicted molar refractivity (Wildman–Crippen MR) is 133 cm³/mol. The van der Waals surface area contributed by atoms with Gasteiger partial charge in [0.1, 0.15) is 0 Å². The first-order chi connectivity index (χ1) is 16.5. The molecule has 6 nitrogen and oxygen atoms in total. The van der Waals surface area contributed by atoms with E-state index in [2.05, 4.69) is 10.4 Å². The molecule has 34 heavy (non-hydrogen) atoms. The molecule has 0 fully saturated rings. The molecular weight excluding hydrogens is 450 g/mol. The molecule has 4 aromatic carbocycles. The molecule has 1 heterocycles. The van der Waals surface area contributed by atoms with Crippen LogP contribution in [0.4, 0.5) is 5.69 Å². The zero-order valence-corrected chi connectivity index (χ0v) is 19.0. The first-order valence-corrected chi connectivity index (χ1v) is 11.1. The van der Waals surface area contributed by atoms with Crippen molar-refractivity contribution in [2.45, 2.75) is 13.2 Å². The average Bonchev–Trinajstić information content (AvgIpc) is 3.30. The number of carbonyl (C=O) groups excluding carboxylic acids is 2. The van der Waals surface area contributed by atoms with Gasteiger partial charge >= 0.3 is 0 Å². The van der Waals surface area contributed by atoms with Crippen LogP contribution in [0.15, 0.2) is 96.1 Å². The van der Waals surface area contributed by atoms with Crippen LogP contribution in [0.3, 0.4) is 0 Å². The van der Waals surface area contributed by atoms with Gasteiger partial charge in [-0.3, -0.25) is 9.59 Å². The molecule has 7 heteroatoms. The minimum Gasteiger partial charge on any atom is -0.446 e. The molecule has 0 unspecified atom stereocenters. The Balaban J connectivity index is 1.41. The molecule has 2 amide bonds. The summed E-state index contributed by atoms with van der Waals surface area (Å²) in [6.45, 7) is 1.45. The van der Waals surface area contributed by atoms with E-state index >= 15 is 0 Å². The summed E-state index contributed by atoms with van der Waals surface area (Å²) in [6.07, 6.45) is -0.682. The molecule has 0 aromatic heterocycles. The van der Waals surface area contributed by atoms with Gasteiger partial charge in [0.2, 0.25) is 18.0 Å². The molecule has 5 rings (SSSR count). The maximum atomic E-state index is 12.6. The van der Waals surface area contributed by atoms with E-state index in [4.69, 9.17) is 16.3 Å². The molecule has 1 N–H and O–H groups in total. The third-order valence-electron chi connectivity index (χ3n) is 5.51. The van der Waals surface area contributed by atoms with Crippen molar-refractivity contribution in [3.63, 3.8) is 0 Å². The summed E-state index contributed by atoms with van der Waals surface area (Å²) in [6, 6.07) is 27.9. The number of hydrazone groups is 1. The van der Waals surface area contributed by atoms with E-state index in [0.717, 1.165) is 16.3 Å². The molecule has 168 valence electrons. The van der Waals surface area contributed by atoms with Crippen molar-refractivity contribution in [2.24, 2.45) is 5.10 Å². The number of hydrogen-bond donors (Lipinski definition) is 1. The van der Waals surface area contributed by atoms with Crippen molar-refractivity contribution in [2.75, 3.05) is 5.32 Å². The molecule has 0 radical (unpaired) electrons. The Bertz CT molecular complexity index is 1450. The molecule has 0 spiro atoms. The molecular formula is C27H20ClN3O3. The molecule has 0 aliphatic carbocycles. The van der Waals surface area contributed by atoms with Crippen LogP contribution >= 0.6 is 11.6 Å². The highest BCUT2D eigenvalue weighted by Gasteiger charge is 2.33. The second-order valence-corrected chi connectivity index (χ2v) is 8.27. The number of ether oxygens (including phenoxy) is 1. The third-order valence-corrected chi connectivity index (χ3v) is 5.84. The largest absolute Gasteiger partial charge is 0.446 e. The van der Waals surface area contributed by atoms with Gasteiger partial charge in [-0.15, -0.1) is 5.10 Å². The summed E-state index contributed by atoms with van der Waals surface area (Å²) in [5.41, 5.74) is 2.38. The lowest BCUT2D eigenvalue weighted by Crippen LogP contribution is -2.25. The lowest BCUT2D eigenvalue weighted by molar-refractivity contribution is -0.135.